The van der Waals surface area contributed by atoms with Crippen LogP contribution in [0.25, 0.3) is 0 Å². The van der Waals surface area contributed by atoms with Crippen LogP contribution in [-0.2, 0) is 13.0 Å². The van der Waals surface area contributed by atoms with Crippen LogP contribution < -0.4 is 5.73 Å². The van der Waals surface area contributed by atoms with Crippen LogP contribution in [0.2, 0.25) is 0 Å². The predicted octanol–water partition coefficient (Wildman–Crippen LogP) is 1.01. The molecule has 0 aromatic heterocycles. The quantitative estimate of drug-likeness (QED) is 0.710. The number of β-amino-alcohol motifs (C(OH)–C–C–N with tert-alkyl or cyclic N) is 1. The van der Waals surface area contributed by atoms with Crippen molar-refractivity contribution in [2.75, 3.05) is 18.8 Å². The molecule has 0 unspecified atom stereocenters. The number of nitrogens with zero attached hydrogens (tertiary/aromatic N) is 1. The second kappa shape index (κ2) is 4.21. The van der Waals surface area contributed by atoms with Crippen molar-refractivity contribution in [1.82, 2.24) is 4.90 Å². The van der Waals surface area contributed by atoms with E-state index in [-0.39, 0.29) is 6.10 Å². The van der Waals surface area contributed by atoms with Crippen molar-refractivity contribution in [1.29, 1.82) is 0 Å². The number of rotatable bonds is 2. The third-order valence-electron chi connectivity index (χ3n) is 2.91. The van der Waals surface area contributed by atoms with E-state index < -0.39 is 0 Å². The highest BCUT2D eigenvalue weighted by atomic mass is 16.3. The molecule has 15 heavy (non-hydrogen) atoms. The topological polar surface area (TPSA) is 49.5 Å². The second-order valence-corrected chi connectivity index (χ2v) is 4.32. The van der Waals surface area contributed by atoms with Gasteiger partial charge in [-0.25, -0.2) is 0 Å². The maximum atomic E-state index is 9.35. The third-order valence-corrected chi connectivity index (χ3v) is 2.91. The average molecular weight is 206 g/mol. The van der Waals surface area contributed by atoms with E-state index in [9.17, 15) is 5.11 Å². The molecule has 0 bridgehead atoms. The Morgan fingerprint density at radius 1 is 1.53 bits per heavy atom. The monoisotopic (exact) mass is 206 g/mol. The first kappa shape index (κ1) is 10.5. The predicted molar refractivity (Wildman–Crippen MR) is 61.5 cm³/mol. The zero-order chi connectivity index (χ0) is 10.8. The Balaban J connectivity index is 2.15. The molecule has 3 heteroatoms. The molecule has 0 radical (unpaired) electrons. The Morgan fingerprint density at radius 3 is 3.07 bits per heavy atom. The van der Waals surface area contributed by atoms with Crippen LogP contribution in [0.4, 0.5) is 5.69 Å². The van der Waals surface area contributed by atoms with Crippen LogP contribution in [-0.4, -0.2) is 29.2 Å². The van der Waals surface area contributed by atoms with Gasteiger partial charge in [0.15, 0.2) is 0 Å². The lowest BCUT2D eigenvalue weighted by Gasteiger charge is -2.30. The van der Waals surface area contributed by atoms with Crippen LogP contribution >= 0.6 is 0 Å². The summed E-state index contributed by atoms with van der Waals surface area (Å²) in [5.74, 6) is 0. The van der Waals surface area contributed by atoms with E-state index >= 15 is 0 Å². The zero-order valence-electron chi connectivity index (χ0n) is 9.11. The van der Waals surface area contributed by atoms with E-state index in [1.165, 1.54) is 11.1 Å². The largest absolute Gasteiger partial charge is 0.398 e. The fourth-order valence-corrected chi connectivity index (χ4v) is 2.19. The second-order valence-electron chi connectivity index (χ2n) is 4.32. The molecule has 1 heterocycles. The maximum Gasteiger partial charge on any atom is 0.0639 e. The van der Waals surface area contributed by atoms with Crippen molar-refractivity contribution < 1.29 is 5.11 Å². The summed E-state index contributed by atoms with van der Waals surface area (Å²) >= 11 is 0. The minimum atomic E-state index is -0.267. The number of hydrogen-bond donors (Lipinski definition) is 2. The number of aliphatic hydroxyl groups is 1. The fourth-order valence-electron chi connectivity index (χ4n) is 2.19. The molecule has 3 N–H and O–H groups in total. The van der Waals surface area contributed by atoms with Gasteiger partial charge in [-0.05, 0) is 30.5 Å². The lowest BCUT2D eigenvalue weighted by molar-refractivity contribution is 0.119. The summed E-state index contributed by atoms with van der Waals surface area (Å²) < 4.78 is 0. The van der Waals surface area contributed by atoms with Gasteiger partial charge < -0.3 is 10.8 Å². The van der Waals surface area contributed by atoms with Gasteiger partial charge in [0.1, 0.15) is 0 Å². The number of nitrogens with two attached hydrogens (primary N) is 1. The van der Waals surface area contributed by atoms with Crippen molar-refractivity contribution in [3.05, 3.63) is 29.3 Å². The van der Waals surface area contributed by atoms with Gasteiger partial charge in [0.2, 0.25) is 0 Å². The van der Waals surface area contributed by atoms with Crippen molar-refractivity contribution in [3.8, 4) is 0 Å². The average Bonchev–Trinajstić information content (AvgIpc) is 2.18. The Bertz CT molecular complexity index is 349. The SMILES string of the molecule is C[C@@H](O)CN1CCc2cccc(N)c2C1. The molecule has 3 nitrogen and oxygen atoms in total. The highest BCUT2D eigenvalue weighted by Crippen LogP contribution is 2.24. The first-order chi connectivity index (χ1) is 7.16. The minimum Gasteiger partial charge on any atom is -0.398 e. The fraction of sp³-hybridized carbons (Fsp3) is 0.500. The number of fused-ring (bicyclic) bond motifs is 1. The summed E-state index contributed by atoms with van der Waals surface area (Å²) in [6.45, 7) is 4.44. The highest BCUT2D eigenvalue weighted by Gasteiger charge is 2.18. The van der Waals surface area contributed by atoms with Crippen LogP contribution in [0.15, 0.2) is 18.2 Å². The molecule has 0 spiro atoms. The molecule has 0 fully saturated rings. The van der Waals surface area contributed by atoms with Crippen molar-refractivity contribution in [3.63, 3.8) is 0 Å². The Kier molecular flexibility index (Phi) is 2.93. The Morgan fingerprint density at radius 2 is 2.33 bits per heavy atom. The van der Waals surface area contributed by atoms with Gasteiger partial charge in [0, 0.05) is 25.3 Å². The summed E-state index contributed by atoms with van der Waals surface area (Å²) in [6, 6.07) is 6.11. The van der Waals surface area contributed by atoms with E-state index in [1.807, 2.05) is 19.1 Å². The van der Waals surface area contributed by atoms with E-state index in [0.717, 1.165) is 31.7 Å². The summed E-state index contributed by atoms with van der Waals surface area (Å²) in [4.78, 5) is 2.25. The molecule has 0 aliphatic carbocycles. The number of anilines is 1. The molecular weight excluding hydrogens is 188 g/mol. The van der Waals surface area contributed by atoms with Gasteiger partial charge in [-0.1, -0.05) is 12.1 Å². The minimum absolute atomic E-state index is 0.267. The number of aliphatic hydroxyl groups excluding tert-OH is 1. The summed E-state index contributed by atoms with van der Waals surface area (Å²) in [5, 5.41) is 9.35. The van der Waals surface area contributed by atoms with Gasteiger partial charge in [0.25, 0.3) is 0 Å². The lowest BCUT2D eigenvalue weighted by Crippen LogP contribution is -2.36. The zero-order valence-corrected chi connectivity index (χ0v) is 9.11. The van der Waals surface area contributed by atoms with Crippen LogP contribution in [0.1, 0.15) is 18.1 Å². The number of benzene rings is 1. The maximum absolute atomic E-state index is 9.35. The van der Waals surface area contributed by atoms with Gasteiger partial charge in [-0.3, -0.25) is 4.90 Å². The van der Waals surface area contributed by atoms with E-state index in [1.54, 1.807) is 0 Å². The molecule has 0 amide bonds. The smallest absolute Gasteiger partial charge is 0.0639 e. The molecule has 1 aromatic carbocycles. The first-order valence-corrected chi connectivity index (χ1v) is 5.43. The van der Waals surface area contributed by atoms with Crippen LogP contribution in [0.5, 0.6) is 0 Å². The van der Waals surface area contributed by atoms with E-state index in [0.29, 0.717) is 0 Å². The van der Waals surface area contributed by atoms with Gasteiger partial charge in [-0.2, -0.15) is 0 Å². The Hall–Kier alpha value is -1.06. The van der Waals surface area contributed by atoms with Gasteiger partial charge in [-0.15, -0.1) is 0 Å². The molecule has 1 atom stereocenters. The van der Waals surface area contributed by atoms with Crippen molar-refractivity contribution in [2.45, 2.75) is 26.0 Å². The normalized spacial score (nSPS) is 18.5. The van der Waals surface area contributed by atoms with E-state index in [4.69, 9.17) is 5.73 Å². The summed E-state index contributed by atoms with van der Waals surface area (Å²) in [7, 11) is 0. The van der Waals surface area contributed by atoms with Crippen molar-refractivity contribution >= 4 is 5.69 Å². The summed E-state index contributed by atoms with van der Waals surface area (Å²) in [5.41, 5.74) is 9.42. The molecule has 0 saturated carbocycles. The Labute approximate surface area is 90.5 Å². The molecule has 82 valence electrons. The lowest BCUT2D eigenvalue weighted by atomic mass is 9.98. The molecule has 1 aliphatic heterocycles. The summed E-state index contributed by atoms with van der Waals surface area (Å²) in [6.07, 6.45) is 0.768. The van der Waals surface area contributed by atoms with E-state index in [2.05, 4.69) is 11.0 Å². The van der Waals surface area contributed by atoms with Crippen LogP contribution in [0, 0.1) is 0 Å². The number of hydrogen-bond acceptors (Lipinski definition) is 3. The first-order valence-electron chi connectivity index (χ1n) is 5.43. The van der Waals surface area contributed by atoms with Gasteiger partial charge in [0.05, 0.1) is 6.10 Å². The van der Waals surface area contributed by atoms with Crippen LogP contribution in [0.3, 0.4) is 0 Å². The molecule has 1 aliphatic rings. The molecular formula is C12H18N2O. The molecule has 0 saturated heterocycles. The standard InChI is InChI=1S/C12H18N2O/c1-9(15)7-14-6-5-10-3-2-4-12(13)11(10)8-14/h2-4,9,15H,5-8,13H2,1H3/t9-/m1/s1. The van der Waals surface area contributed by atoms with Crippen molar-refractivity contribution in [2.24, 2.45) is 0 Å². The molecule has 1 aromatic rings. The molecule has 2 rings (SSSR count). The van der Waals surface area contributed by atoms with Gasteiger partial charge >= 0.3 is 0 Å². The third kappa shape index (κ3) is 2.30. The highest BCUT2D eigenvalue weighted by molar-refractivity contribution is 5.51. The number of nitrogen functional groups attached to an aromatic ring is 1.